The van der Waals surface area contributed by atoms with Crippen molar-refractivity contribution >= 4 is 22.8 Å². The predicted octanol–water partition coefficient (Wildman–Crippen LogP) is 5.44. The Morgan fingerprint density at radius 1 is 1.08 bits per heavy atom. The summed E-state index contributed by atoms with van der Waals surface area (Å²) in [5.41, 5.74) is 2.64. The van der Waals surface area contributed by atoms with Crippen LogP contribution in [0, 0.1) is 5.41 Å². The third-order valence-corrected chi connectivity index (χ3v) is 7.33. The number of rotatable bonds is 10. The smallest absolute Gasteiger partial charge is 0.311 e. The van der Waals surface area contributed by atoms with Gasteiger partial charge in [0.05, 0.1) is 5.41 Å². The summed E-state index contributed by atoms with van der Waals surface area (Å²) in [5, 5.41) is 25.0. The fraction of sp³-hybridized carbons (Fsp3) is 0.393. The van der Waals surface area contributed by atoms with Crippen LogP contribution >= 0.6 is 0 Å². The molecular weight excluding hydrogens is 470 g/mol. The SMILES string of the molecule is CCCCC(=O)N(Cc1ccc2oc(-c3ccc(-c4nn[nH]n4)cc3)cc2c1)CC1(C(=O)O)CCCC1. The minimum Gasteiger partial charge on any atom is -0.481 e. The highest BCUT2D eigenvalue weighted by Gasteiger charge is 2.43. The zero-order valence-corrected chi connectivity index (χ0v) is 20.9. The van der Waals surface area contributed by atoms with Crippen molar-refractivity contribution in [3.05, 3.63) is 54.1 Å². The lowest BCUT2D eigenvalue weighted by Crippen LogP contribution is -2.43. The van der Waals surface area contributed by atoms with Crippen LogP contribution in [-0.4, -0.2) is 49.1 Å². The van der Waals surface area contributed by atoms with Crippen LogP contribution in [0.5, 0.6) is 0 Å². The Bertz CT molecular complexity index is 1370. The number of tetrazole rings is 1. The number of carboxylic acids is 1. The number of aliphatic carboxylic acids is 1. The Balaban J connectivity index is 1.37. The van der Waals surface area contributed by atoms with Crippen LogP contribution in [0.25, 0.3) is 33.7 Å². The number of fused-ring (bicyclic) bond motifs is 1. The number of nitrogens with zero attached hydrogens (tertiary/aromatic N) is 4. The molecular formula is C28H31N5O4. The Labute approximate surface area is 214 Å². The first-order chi connectivity index (χ1) is 18.0. The molecule has 2 heterocycles. The van der Waals surface area contributed by atoms with Gasteiger partial charge < -0.3 is 14.4 Å². The number of benzene rings is 2. The molecule has 1 aliphatic rings. The fourth-order valence-electron chi connectivity index (χ4n) is 5.20. The number of amides is 1. The molecule has 1 aliphatic carbocycles. The van der Waals surface area contributed by atoms with Crippen LogP contribution in [0.15, 0.2) is 52.9 Å². The lowest BCUT2D eigenvalue weighted by atomic mass is 9.85. The molecule has 9 heteroatoms. The molecule has 1 fully saturated rings. The van der Waals surface area contributed by atoms with E-state index in [9.17, 15) is 14.7 Å². The summed E-state index contributed by atoms with van der Waals surface area (Å²) >= 11 is 0. The highest BCUT2D eigenvalue weighted by molar-refractivity contribution is 5.84. The Hall–Kier alpha value is -4.01. The first-order valence-corrected chi connectivity index (χ1v) is 12.9. The number of furan rings is 1. The van der Waals surface area contributed by atoms with Crippen molar-refractivity contribution in [3.63, 3.8) is 0 Å². The van der Waals surface area contributed by atoms with Crippen molar-refractivity contribution in [1.82, 2.24) is 25.5 Å². The molecule has 1 saturated carbocycles. The second-order valence-electron chi connectivity index (χ2n) is 9.94. The van der Waals surface area contributed by atoms with Gasteiger partial charge in [-0.3, -0.25) is 9.59 Å². The van der Waals surface area contributed by atoms with Gasteiger partial charge in [-0.1, -0.05) is 56.5 Å². The molecule has 0 spiro atoms. The molecule has 5 rings (SSSR count). The van der Waals surface area contributed by atoms with Crippen molar-refractivity contribution in [2.45, 2.75) is 58.4 Å². The zero-order valence-electron chi connectivity index (χ0n) is 20.9. The molecule has 0 atom stereocenters. The topological polar surface area (TPSA) is 125 Å². The Kier molecular flexibility index (Phi) is 7.03. The number of carbonyl (C=O) groups excluding carboxylic acids is 1. The summed E-state index contributed by atoms with van der Waals surface area (Å²) in [7, 11) is 0. The minimum atomic E-state index is -0.845. The van der Waals surface area contributed by atoms with Crippen LogP contribution in [0.2, 0.25) is 0 Å². The molecule has 192 valence electrons. The number of hydrogen-bond acceptors (Lipinski definition) is 6. The Morgan fingerprint density at radius 3 is 2.51 bits per heavy atom. The van der Waals surface area contributed by atoms with Gasteiger partial charge in [0, 0.05) is 36.0 Å². The number of unbranched alkanes of at least 4 members (excludes halogenated alkanes) is 1. The van der Waals surface area contributed by atoms with E-state index in [2.05, 4.69) is 27.5 Å². The third kappa shape index (κ3) is 5.26. The molecule has 0 bridgehead atoms. The standard InChI is InChI=1S/C28H31N5O4/c1-2-3-6-25(34)33(18-28(27(35)36)13-4-5-14-28)17-19-7-12-23-22(15-19)16-24(37-23)20-8-10-21(11-9-20)26-29-31-32-30-26/h7-12,15-16H,2-6,13-14,17-18H2,1H3,(H,35,36)(H,29,30,31,32). The zero-order chi connectivity index (χ0) is 25.8. The van der Waals surface area contributed by atoms with E-state index in [1.54, 1.807) is 4.90 Å². The van der Waals surface area contributed by atoms with Gasteiger partial charge in [-0.25, -0.2) is 0 Å². The summed E-state index contributed by atoms with van der Waals surface area (Å²) in [6, 6.07) is 15.6. The lowest BCUT2D eigenvalue weighted by molar-refractivity contribution is -0.151. The maximum Gasteiger partial charge on any atom is 0.311 e. The maximum atomic E-state index is 13.1. The summed E-state index contributed by atoms with van der Waals surface area (Å²) < 4.78 is 6.09. The van der Waals surface area contributed by atoms with E-state index < -0.39 is 11.4 Å². The monoisotopic (exact) mass is 501 g/mol. The first kappa shape index (κ1) is 24.7. The van der Waals surface area contributed by atoms with E-state index in [1.165, 1.54) is 0 Å². The lowest BCUT2D eigenvalue weighted by Gasteiger charge is -2.32. The minimum absolute atomic E-state index is 0.0176. The summed E-state index contributed by atoms with van der Waals surface area (Å²) in [6.07, 6.45) is 5.18. The number of hydrogen-bond donors (Lipinski definition) is 2. The second kappa shape index (κ2) is 10.5. The quantitative estimate of drug-likeness (QED) is 0.296. The van der Waals surface area contributed by atoms with Crippen molar-refractivity contribution in [2.24, 2.45) is 5.41 Å². The van der Waals surface area contributed by atoms with E-state index in [0.717, 1.165) is 59.1 Å². The molecule has 4 aromatic rings. The molecule has 0 unspecified atom stereocenters. The van der Waals surface area contributed by atoms with Crippen LogP contribution < -0.4 is 0 Å². The normalized spacial score (nSPS) is 14.7. The van der Waals surface area contributed by atoms with Crippen molar-refractivity contribution in [3.8, 4) is 22.7 Å². The number of nitrogens with one attached hydrogen (secondary N) is 1. The van der Waals surface area contributed by atoms with Crippen LogP contribution in [0.3, 0.4) is 0 Å². The summed E-state index contributed by atoms with van der Waals surface area (Å²) in [5.74, 6) is 0.488. The number of carbonyl (C=O) groups is 2. The third-order valence-electron chi connectivity index (χ3n) is 7.33. The molecule has 37 heavy (non-hydrogen) atoms. The van der Waals surface area contributed by atoms with Crippen molar-refractivity contribution < 1.29 is 19.1 Å². The second-order valence-corrected chi connectivity index (χ2v) is 9.94. The van der Waals surface area contributed by atoms with E-state index in [4.69, 9.17) is 4.42 Å². The number of carboxylic acid groups (broad SMARTS) is 1. The van der Waals surface area contributed by atoms with Gasteiger partial charge in [-0.05, 0) is 48.2 Å². The van der Waals surface area contributed by atoms with E-state index in [-0.39, 0.29) is 12.5 Å². The molecule has 0 saturated heterocycles. The van der Waals surface area contributed by atoms with Gasteiger partial charge >= 0.3 is 5.97 Å². The van der Waals surface area contributed by atoms with Crippen LogP contribution in [-0.2, 0) is 16.1 Å². The summed E-state index contributed by atoms with van der Waals surface area (Å²) in [4.78, 5) is 27.1. The highest BCUT2D eigenvalue weighted by Crippen LogP contribution is 2.40. The van der Waals surface area contributed by atoms with E-state index >= 15 is 0 Å². The van der Waals surface area contributed by atoms with Gasteiger partial charge in [-0.2, -0.15) is 5.21 Å². The van der Waals surface area contributed by atoms with E-state index in [1.807, 2.05) is 48.5 Å². The van der Waals surface area contributed by atoms with Crippen LogP contribution in [0.4, 0.5) is 0 Å². The first-order valence-electron chi connectivity index (χ1n) is 12.9. The molecule has 2 aromatic heterocycles. The number of aromatic amines is 1. The maximum absolute atomic E-state index is 13.1. The van der Waals surface area contributed by atoms with Gasteiger partial charge in [0.25, 0.3) is 0 Å². The molecule has 2 aromatic carbocycles. The van der Waals surface area contributed by atoms with Gasteiger partial charge in [0.1, 0.15) is 11.3 Å². The van der Waals surface area contributed by atoms with Gasteiger partial charge in [0.15, 0.2) is 0 Å². The summed E-state index contributed by atoms with van der Waals surface area (Å²) in [6.45, 7) is 2.69. The van der Waals surface area contributed by atoms with Gasteiger partial charge in [0.2, 0.25) is 11.7 Å². The largest absolute Gasteiger partial charge is 0.481 e. The molecule has 1 amide bonds. The molecule has 9 nitrogen and oxygen atoms in total. The van der Waals surface area contributed by atoms with Crippen molar-refractivity contribution in [1.29, 1.82) is 0 Å². The Morgan fingerprint density at radius 2 is 1.84 bits per heavy atom. The molecule has 2 N–H and O–H groups in total. The predicted molar refractivity (Wildman–Crippen MR) is 138 cm³/mol. The average Bonchev–Trinajstić information content (AvgIpc) is 3.68. The fourth-order valence-corrected chi connectivity index (χ4v) is 5.20. The molecule has 0 aliphatic heterocycles. The number of H-pyrrole nitrogens is 1. The van der Waals surface area contributed by atoms with Gasteiger partial charge in [-0.15, -0.1) is 10.2 Å². The highest BCUT2D eigenvalue weighted by atomic mass is 16.4. The average molecular weight is 502 g/mol. The van der Waals surface area contributed by atoms with Crippen LogP contribution in [0.1, 0.15) is 57.4 Å². The van der Waals surface area contributed by atoms with Crippen molar-refractivity contribution in [2.75, 3.05) is 6.54 Å². The number of aromatic nitrogens is 4. The van der Waals surface area contributed by atoms with E-state index in [0.29, 0.717) is 31.6 Å². The molecule has 0 radical (unpaired) electrons.